The summed E-state index contributed by atoms with van der Waals surface area (Å²) in [5, 5.41) is 0. The molecular weight excluding hydrogens is 214 g/mol. The zero-order valence-corrected chi connectivity index (χ0v) is 11.4. The summed E-state index contributed by atoms with van der Waals surface area (Å²) in [4.78, 5) is 12.8. The molecule has 17 heavy (non-hydrogen) atoms. The molecule has 0 aliphatic heterocycles. The summed E-state index contributed by atoms with van der Waals surface area (Å²) >= 11 is 0. The van der Waals surface area contributed by atoms with E-state index < -0.39 is 0 Å². The van der Waals surface area contributed by atoms with Crippen LogP contribution in [-0.2, 0) is 0 Å². The fourth-order valence-corrected chi connectivity index (χ4v) is 2.03. The predicted molar refractivity (Wildman–Crippen MR) is 72.2 cm³/mol. The van der Waals surface area contributed by atoms with Gasteiger partial charge in [-0.15, -0.1) is 0 Å². The molecule has 1 atom stereocenters. The molecule has 5 heteroatoms. The third-order valence-electron chi connectivity index (χ3n) is 2.74. The third kappa shape index (κ3) is 3.56. The summed E-state index contributed by atoms with van der Waals surface area (Å²) in [7, 11) is 4.15. The lowest BCUT2D eigenvalue weighted by Crippen LogP contribution is -2.41. The lowest BCUT2D eigenvalue weighted by atomic mass is 10.2. The minimum absolute atomic E-state index is 0.334. The summed E-state index contributed by atoms with van der Waals surface area (Å²) in [6.07, 6.45) is 1.78. The second-order valence-corrected chi connectivity index (χ2v) is 4.63. The zero-order chi connectivity index (χ0) is 13.0. The van der Waals surface area contributed by atoms with E-state index in [9.17, 15) is 0 Å². The number of aromatic nitrogens is 2. The van der Waals surface area contributed by atoms with E-state index in [1.165, 1.54) is 0 Å². The largest absolute Gasteiger partial charge is 0.368 e. The van der Waals surface area contributed by atoms with Gasteiger partial charge in [-0.2, -0.15) is 4.98 Å². The highest BCUT2D eigenvalue weighted by Crippen LogP contribution is 2.19. The van der Waals surface area contributed by atoms with Crippen LogP contribution in [0, 0.1) is 6.92 Å². The Morgan fingerprint density at radius 3 is 2.59 bits per heavy atom. The molecule has 0 spiro atoms. The van der Waals surface area contributed by atoms with Gasteiger partial charge in [0, 0.05) is 30.9 Å². The van der Waals surface area contributed by atoms with Crippen LogP contribution in [-0.4, -0.2) is 48.1 Å². The zero-order valence-electron chi connectivity index (χ0n) is 11.4. The Hall–Kier alpha value is -1.36. The van der Waals surface area contributed by atoms with E-state index in [0.29, 0.717) is 12.0 Å². The van der Waals surface area contributed by atoms with Crippen molar-refractivity contribution < 1.29 is 0 Å². The Morgan fingerprint density at radius 2 is 2.06 bits per heavy atom. The number of hydrogen-bond donors (Lipinski definition) is 1. The van der Waals surface area contributed by atoms with E-state index in [1.807, 2.05) is 6.92 Å². The lowest BCUT2D eigenvalue weighted by Gasteiger charge is -2.32. The SMILES string of the molecule is CCN(c1nc(N)ncc1C)C(C)CN(C)C. The van der Waals surface area contributed by atoms with Crippen LogP contribution < -0.4 is 10.6 Å². The van der Waals surface area contributed by atoms with Crippen LogP contribution in [0.2, 0.25) is 0 Å². The van der Waals surface area contributed by atoms with Gasteiger partial charge in [0.05, 0.1) is 0 Å². The monoisotopic (exact) mass is 237 g/mol. The van der Waals surface area contributed by atoms with E-state index in [1.54, 1.807) is 6.20 Å². The van der Waals surface area contributed by atoms with Gasteiger partial charge in [0.25, 0.3) is 0 Å². The Balaban J connectivity index is 2.96. The number of likely N-dealkylation sites (N-methyl/N-ethyl adjacent to an activating group) is 2. The molecule has 1 aromatic rings. The maximum Gasteiger partial charge on any atom is 0.221 e. The number of aryl methyl sites for hydroxylation is 1. The number of nitrogen functional groups attached to an aromatic ring is 1. The van der Waals surface area contributed by atoms with Crippen molar-refractivity contribution in [2.24, 2.45) is 0 Å². The van der Waals surface area contributed by atoms with Gasteiger partial charge in [0.2, 0.25) is 5.95 Å². The first-order valence-corrected chi connectivity index (χ1v) is 5.96. The van der Waals surface area contributed by atoms with Crippen molar-refractivity contribution in [2.75, 3.05) is 37.8 Å². The van der Waals surface area contributed by atoms with Crippen molar-refractivity contribution in [1.29, 1.82) is 0 Å². The summed E-state index contributed by atoms with van der Waals surface area (Å²) in [6.45, 7) is 8.23. The molecule has 0 amide bonds. The van der Waals surface area contributed by atoms with E-state index >= 15 is 0 Å². The molecule has 0 radical (unpaired) electrons. The average Bonchev–Trinajstić information content (AvgIpc) is 2.23. The molecule has 0 fully saturated rings. The minimum atomic E-state index is 0.334. The van der Waals surface area contributed by atoms with E-state index in [-0.39, 0.29) is 0 Å². The first-order chi connectivity index (χ1) is 7.95. The number of hydrogen-bond acceptors (Lipinski definition) is 5. The maximum atomic E-state index is 5.66. The molecule has 96 valence electrons. The average molecular weight is 237 g/mol. The standard InChI is InChI=1S/C12H23N5/c1-6-17(10(3)8-16(4)5)11-9(2)7-14-12(13)15-11/h7,10H,6,8H2,1-5H3,(H2,13,14,15). The van der Waals surface area contributed by atoms with Gasteiger partial charge in [-0.05, 0) is 34.9 Å². The Kier molecular flexibility index (Phi) is 4.69. The third-order valence-corrected chi connectivity index (χ3v) is 2.74. The second-order valence-electron chi connectivity index (χ2n) is 4.63. The summed E-state index contributed by atoms with van der Waals surface area (Å²) in [5.41, 5.74) is 6.72. The van der Waals surface area contributed by atoms with Crippen molar-refractivity contribution >= 4 is 11.8 Å². The van der Waals surface area contributed by atoms with E-state index in [2.05, 4.69) is 47.7 Å². The van der Waals surface area contributed by atoms with Gasteiger partial charge in [-0.25, -0.2) is 4.98 Å². The first-order valence-electron chi connectivity index (χ1n) is 5.96. The Morgan fingerprint density at radius 1 is 1.41 bits per heavy atom. The normalized spacial score (nSPS) is 12.8. The van der Waals surface area contributed by atoms with E-state index in [0.717, 1.165) is 24.5 Å². The molecule has 2 N–H and O–H groups in total. The van der Waals surface area contributed by atoms with Crippen LogP contribution in [0.25, 0.3) is 0 Å². The smallest absolute Gasteiger partial charge is 0.221 e. The van der Waals surface area contributed by atoms with Crippen LogP contribution in [0.1, 0.15) is 19.4 Å². The molecule has 0 saturated carbocycles. The fourth-order valence-electron chi connectivity index (χ4n) is 2.03. The molecule has 0 bridgehead atoms. The first kappa shape index (κ1) is 13.7. The topological polar surface area (TPSA) is 58.3 Å². The van der Waals surface area contributed by atoms with Crippen LogP contribution in [0.4, 0.5) is 11.8 Å². The quantitative estimate of drug-likeness (QED) is 0.832. The van der Waals surface area contributed by atoms with Crippen molar-refractivity contribution in [3.63, 3.8) is 0 Å². The van der Waals surface area contributed by atoms with Crippen molar-refractivity contribution in [3.8, 4) is 0 Å². The number of anilines is 2. The highest BCUT2D eigenvalue weighted by molar-refractivity contribution is 5.48. The number of nitrogens with two attached hydrogens (primary N) is 1. The molecule has 5 nitrogen and oxygen atoms in total. The van der Waals surface area contributed by atoms with Crippen molar-refractivity contribution in [2.45, 2.75) is 26.8 Å². The van der Waals surface area contributed by atoms with Gasteiger partial charge >= 0.3 is 0 Å². The predicted octanol–water partition coefficient (Wildman–Crippen LogP) is 1.14. The highest BCUT2D eigenvalue weighted by atomic mass is 15.3. The van der Waals surface area contributed by atoms with Gasteiger partial charge in [-0.3, -0.25) is 0 Å². The molecule has 1 unspecified atom stereocenters. The van der Waals surface area contributed by atoms with Crippen LogP contribution in [0.5, 0.6) is 0 Å². The number of nitrogens with zero attached hydrogens (tertiary/aromatic N) is 4. The van der Waals surface area contributed by atoms with E-state index in [4.69, 9.17) is 5.73 Å². The fraction of sp³-hybridized carbons (Fsp3) is 0.667. The molecule has 0 aliphatic carbocycles. The molecule has 0 aliphatic rings. The van der Waals surface area contributed by atoms with Gasteiger partial charge in [0.15, 0.2) is 0 Å². The molecular formula is C12H23N5. The number of rotatable bonds is 5. The summed E-state index contributed by atoms with van der Waals surface area (Å²) in [5.74, 6) is 1.27. The van der Waals surface area contributed by atoms with Gasteiger partial charge in [-0.1, -0.05) is 0 Å². The summed E-state index contributed by atoms with van der Waals surface area (Å²) < 4.78 is 0. The Labute approximate surface area is 104 Å². The van der Waals surface area contributed by atoms with Crippen LogP contribution in [0.3, 0.4) is 0 Å². The lowest BCUT2D eigenvalue weighted by molar-refractivity contribution is 0.372. The van der Waals surface area contributed by atoms with Crippen molar-refractivity contribution in [3.05, 3.63) is 11.8 Å². The molecule has 0 saturated heterocycles. The van der Waals surface area contributed by atoms with Gasteiger partial charge < -0.3 is 15.5 Å². The summed E-state index contributed by atoms with van der Waals surface area (Å²) in [6, 6.07) is 0.392. The van der Waals surface area contributed by atoms with Crippen molar-refractivity contribution in [1.82, 2.24) is 14.9 Å². The second kappa shape index (κ2) is 5.82. The maximum absolute atomic E-state index is 5.66. The van der Waals surface area contributed by atoms with Gasteiger partial charge in [0.1, 0.15) is 5.82 Å². The van der Waals surface area contributed by atoms with Crippen LogP contribution in [0.15, 0.2) is 6.20 Å². The molecule has 1 aromatic heterocycles. The Bertz CT molecular complexity index is 364. The highest BCUT2D eigenvalue weighted by Gasteiger charge is 2.17. The molecule has 1 rings (SSSR count). The molecule has 0 aromatic carbocycles. The van der Waals surface area contributed by atoms with Crippen LogP contribution >= 0.6 is 0 Å². The minimum Gasteiger partial charge on any atom is -0.368 e. The molecule has 1 heterocycles.